The molecule has 2 heteroatoms. The molecule has 1 aromatic rings. The Balaban J connectivity index is 2.90. The maximum atomic E-state index is 8.67. The van der Waals surface area contributed by atoms with E-state index in [9.17, 15) is 0 Å². The predicted molar refractivity (Wildman–Crippen MR) is 58.3 cm³/mol. The van der Waals surface area contributed by atoms with Crippen LogP contribution in [0, 0.1) is 23.7 Å². The van der Waals surface area contributed by atoms with Crippen molar-refractivity contribution in [2.24, 2.45) is 0 Å². The summed E-state index contributed by atoms with van der Waals surface area (Å²) in [5.74, 6) is 0. The predicted octanol–water partition coefficient (Wildman–Crippen LogP) is 2.92. The molecule has 2 nitrogen and oxygen atoms in total. The average Bonchev–Trinajstić information content (AvgIpc) is 2.20. The van der Waals surface area contributed by atoms with E-state index >= 15 is 0 Å². The Morgan fingerprint density at radius 3 is 2.86 bits per heavy atom. The maximum absolute atomic E-state index is 8.67. The number of rotatable bonds is 3. The molecular formula is C12H12N2. The molecule has 0 saturated heterocycles. The fourth-order valence-corrected chi connectivity index (χ4v) is 1.20. The van der Waals surface area contributed by atoms with E-state index in [-0.39, 0.29) is 0 Å². The Kier molecular flexibility index (Phi) is 3.63. The summed E-state index contributed by atoms with van der Waals surface area (Å²) < 4.78 is 0. The summed E-state index contributed by atoms with van der Waals surface area (Å²) in [5.41, 5.74) is 2.88. The van der Waals surface area contributed by atoms with Gasteiger partial charge in [0.2, 0.25) is 0 Å². The van der Waals surface area contributed by atoms with Crippen LogP contribution in [-0.4, -0.2) is 6.21 Å². The summed E-state index contributed by atoms with van der Waals surface area (Å²) >= 11 is 0. The van der Waals surface area contributed by atoms with Gasteiger partial charge in [0.1, 0.15) is 0 Å². The molecule has 0 heterocycles. The topological polar surface area (TPSA) is 47.6 Å². The summed E-state index contributed by atoms with van der Waals surface area (Å²) in [5, 5.41) is 15.5. The fourth-order valence-electron chi connectivity index (χ4n) is 1.20. The molecule has 14 heavy (non-hydrogen) atoms. The monoisotopic (exact) mass is 184 g/mol. The third kappa shape index (κ3) is 2.56. The van der Waals surface area contributed by atoms with Crippen molar-refractivity contribution in [1.29, 1.82) is 10.7 Å². The van der Waals surface area contributed by atoms with E-state index in [4.69, 9.17) is 10.7 Å². The van der Waals surface area contributed by atoms with Gasteiger partial charge < -0.3 is 5.41 Å². The zero-order valence-corrected chi connectivity index (χ0v) is 8.12. The molecule has 70 valence electrons. The zero-order chi connectivity index (χ0) is 10.4. The molecule has 1 N–H and O–H groups in total. The zero-order valence-electron chi connectivity index (χ0n) is 8.12. The molecule has 0 fully saturated rings. The Bertz CT molecular complexity index is 397. The number of hydrogen-bond donors (Lipinski definition) is 1. The van der Waals surface area contributed by atoms with E-state index in [0.717, 1.165) is 11.1 Å². The summed E-state index contributed by atoms with van der Waals surface area (Å²) in [6.07, 6.45) is 5.91. The van der Waals surface area contributed by atoms with E-state index in [1.807, 2.05) is 31.2 Å². The van der Waals surface area contributed by atoms with Crippen LogP contribution in [0.15, 0.2) is 24.3 Å². The van der Waals surface area contributed by atoms with Crippen molar-refractivity contribution in [3.05, 3.63) is 41.0 Å². The molecule has 0 aliphatic rings. The lowest BCUT2D eigenvalue weighted by Gasteiger charge is -1.99. The molecule has 0 aliphatic carbocycles. The number of benzene rings is 1. The van der Waals surface area contributed by atoms with Gasteiger partial charge in [-0.25, -0.2) is 0 Å². The number of nitrogens with zero attached hydrogens (tertiary/aromatic N) is 1. The SMILES string of the molecule is Cc1cc(C#N)ccc1/C=C\CC=N. The second kappa shape index (κ2) is 4.98. The molecule has 0 spiro atoms. The van der Waals surface area contributed by atoms with Crippen LogP contribution in [0.4, 0.5) is 0 Å². The second-order valence-corrected chi connectivity index (χ2v) is 3.03. The number of nitriles is 1. The van der Waals surface area contributed by atoms with Crippen LogP contribution in [-0.2, 0) is 0 Å². The van der Waals surface area contributed by atoms with E-state index in [1.165, 1.54) is 6.21 Å². The van der Waals surface area contributed by atoms with Gasteiger partial charge in [-0.1, -0.05) is 18.2 Å². The molecule has 0 aromatic heterocycles. The van der Waals surface area contributed by atoms with Crippen LogP contribution in [0.5, 0.6) is 0 Å². The summed E-state index contributed by atoms with van der Waals surface area (Å²) in [4.78, 5) is 0. The van der Waals surface area contributed by atoms with Crippen LogP contribution in [0.1, 0.15) is 23.1 Å². The van der Waals surface area contributed by atoms with Gasteiger partial charge in [-0.2, -0.15) is 5.26 Å². The fraction of sp³-hybridized carbons (Fsp3) is 0.167. The van der Waals surface area contributed by atoms with E-state index < -0.39 is 0 Å². The first-order chi connectivity index (χ1) is 6.77. The van der Waals surface area contributed by atoms with Gasteiger partial charge in [-0.3, -0.25) is 0 Å². The molecule has 0 unspecified atom stereocenters. The third-order valence-electron chi connectivity index (χ3n) is 1.95. The van der Waals surface area contributed by atoms with Crippen LogP contribution < -0.4 is 0 Å². The molecule has 1 rings (SSSR count). The van der Waals surface area contributed by atoms with Crippen molar-refractivity contribution in [2.75, 3.05) is 0 Å². The average molecular weight is 184 g/mol. The molecule has 0 saturated carbocycles. The minimum atomic E-state index is 0.652. The van der Waals surface area contributed by atoms with Crippen molar-refractivity contribution >= 4 is 12.3 Å². The normalized spacial score (nSPS) is 10.0. The lowest BCUT2D eigenvalue weighted by atomic mass is 10.1. The van der Waals surface area contributed by atoms with Gasteiger partial charge in [-0.15, -0.1) is 0 Å². The first kappa shape index (κ1) is 10.2. The van der Waals surface area contributed by atoms with Crippen molar-refractivity contribution in [3.63, 3.8) is 0 Å². The highest BCUT2D eigenvalue weighted by Crippen LogP contribution is 2.12. The van der Waals surface area contributed by atoms with E-state index in [1.54, 1.807) is 6.07 Å². The number of allylic oxidation sites excluding steroid dienone is 1. The van der Waals surface area contributed by atoms with Crippen molar-refractivity contribution in [3.8, 4) is 6.07 Å². The van der Waals surface area contributed by atoms with Crippen LogP contribution in [0.2, 0.25) is 0 Å². The van der Waals surface area contributed by atoms with Crippen molar-refractivity contribution < 1.29 is 0 Å². The largest absolute Gasteiger partial charge is 0.313 e. The highest BCUT2D eigenvalue weighted by molar-refractivity contribution is 5.61. The Morgan fingerprint density at radius 2 is 2.29 bits per heavy atom. The first-order valence-electron chi connectivity index (χ1n) is 4.44. The molecule has 0 amide bonds. The lowest BCUT2D eigenvalue weighted by Crippen LogP contribution is -1.82. The van der Waals surface area contributed by atoms with Crippen molar-refractivity contribution in [2.45, 2.75) is 13.3 Å². The molecule has 1 aromatic carbocycles. The summed E-state index contributed by atoms with van der Waals surface area (Å²) in [6.45, 7) is 1.98. The third-order valence-corrected chi connectivity index (χ3v) is 1.95. The molecule has 0 atom stereocenters. The highest BCUT2D eigenvalue weighted by Gasteiger charge is 1.95. The van der Waals surface area contributed by atoms with Gasteiger partial charge >= 0.3 is 0 Å². The smallest absolute Gasteiger partial charge is 0.0991 e. The first-order valence-corrected chi connectivity index (χ1v) is 4.44. The highest BCUT2D eigenvalue weighted by atomic mass is 14.3. The second-order valence-electron chi connectivity index (χ2n) is 3.03. The summed E-state index contributed by atoms with van der Waals surface area (Å²) in [6, 6.07) is 7.69. The molecular weight excluding hydrogens is 172 g/mol. The molecule has 0 bridgehead atoms. The van der Waals surface area contributed by atoms with E-state index in [2.05, 4.69) is 6.07 Å². The maximum Gasteiger partial charge on any atom is 0.0991 e. The van der Waals surface area contributed by atoms with Gasteiger partial charge in [0, 0.05) is 6.42 Å². The van der Waals surface area contributed by atoms with Gasteiger partial charge in [-0.05, 0) is 36.4 Å². The van der Waals surface area contributed by atoms with Crippen molar-refractivity contribution in [1.82, 2.24) is 0 Å². The summed E-state index contributed by atoms with van der Waals surface area (Å²) in [7, 11) is 0. The van der Waals surface area contributed by atoms with Gasteiger partial charge in [0.25, 0.3) is 0 Å². The molecule has 0 radical (unpaired) electrons. The van der Waals surface area contributed by atoms with Crippen LogP contribution >= 0.6 is 0 Å². The Labute approximate surface area is 84.0 Å². The quantitative estimate of drug-likeness (QED) is 0.721. The number of nitrogens with one attached hydrogen (secondary N) is 1. The minimum absolute atomic E-state index is 0.652. The Hall–Kier alpha value is -1.88. The number of aryl methyl sites for hydroxylation is 1. The lowest BCUT2D eigenvalue weighted by molar-refractivity contribution is 1.39. The Morgan fingerprint density at radius 1 is 1.50 bits per heavy atom. The van der Waals surface area contributed by atoms with Crippen LogP contribution in [0.25, 0.3) is 6.08 Å². The van der Waals surface area contributed by atoms with E-state index in [0.29, 0.717) is 12.0 Å². The van der Waals surface area contributed by atoms with Gasteiger partial charge in [0.05, 0.1) is 11.6 Å². The molecule has 0 aliphatic heterocycles. The van der Waals surface area contributed by atoms with Crippen LogP contribution in [0.3, 0.4) is 0 Å². The number of hydrogen-bond acceptors (Lipinski definition) is 2. The minimum Gasteiger partial charge on any atom is -0.313 e. The standard InChI is InChI=1S/C12H12N2/c1-10-8-11(9-14)5-6-12(10)4-2-3-7-13/h2,4-8,13H,3H2,1H3/b4-2-,13-7?. The van der Waals surface area contributed by atoms with Gasteiger partial charge in [0.15, 0.2) is 0 Å².